The van der Waals surface area contributed by atoms with Crippen LogP contribution >= 0.6 is 11.6 Å². The summed E-state index contributed by atoms with van der Waals surface area (Å²) in [5.41, 5.74) is 1.89. The molecule has 0 aliphatic heterocycles. The summed E-state index contributed by atoms with van der Waals surface area (Å²) in [7, 11) is 0. The van der Waals surface area contributed by atoms with Crippen LogP contribution in [0.1, 0.15) is 25.7 Å². The van der Waals surface area contributed by atoms with Gasteiger partial charge in [0.15, 0.2) is 0 Å². The van der Waals surface area contributed by atoms with Crippen LogP contribution in [-0.4, -0.2) is 6.04 Å². The van der Waals surface area contributed by atoms with Gasteiger partial charge in [-0.3, -0.25) is 4.99 Å². The fourth-order valence-electron chi connectivity index (χ4n) is 3.21. The van der Waals surface area contributed by atoms with Gasteiger partial charge < -0.3 is 4.42 Å². The zero-order chi connectivity index (χ0) is 15.6. The molecule has 4 rings (SSSR count). The van der Waals surface area contributed by atoms with Gasteiger partial charge in [-0.1, -0.05) is 36.6 Å². The van der Waals surface area contributed by atoms with Crippen molar-refractivity contribution in [3.05, 3.63) is 65.0 Å². The van der Waals surface area contributed by atoms with Gasteiger partial charge in [-0.15, -0.1) is 0 Å². The Bertz CT molecular complexity index is 889. The molecule has 0 bridgehead atoms. The second-order valence-electron chi connectivity index (χ2n) is 6.07. The Morgan fingerprint density at radius 2 is 1.70 bits per heavy atom. The maximum Gasteiger partial charge on any atom is 0.136 e. The van der Waals surface area contributed by atoms with Gasteiger partial charge in [0.1, 0.15) is 11.3 Å². The van der Waals surface area contributed by atoms with E-state index in [4.69, 9.17) is 21.0 Å². The first-order chi connectivity index (χ1) is 11.3. The monoisotopic (exact) mass is 323 g/mol. The Labute approximate surface area is 140 Å². The maximum atomic E-state index is 6.09. The fourth-order valence-corrected chi connectivity index (χ4v) is 3.34. The van der Waals surface area contributed by atoms with Gasteiger partial charge in [-0.2, -0.15) is 0 Å². The molecule has 0 saturated heterocycles. The molecule has 1 saturated carbocycles. The molecule has 2 aromatic carbocycles. The average Bonchev–Trinajstić information content (AvgIpc) is 3.08. The van der Waals surface area contributed by atoms with Crippen LogP contribution in [0, 0.1) is 0 Å². The number of hydrogen-bond acceptors (Lipinski definition) is 2. The van der Waals surface area contributed by atoms with E-state index >= 15 is 0 Å². The van der Waals surface area contributed by atoms with Gasteiger partial charge in [-0.05, 0) is 49.2 Å². The number of rotatable bonds is 2. The summed E-state index contributed by atoms with van der Waals surface area (Å²) < 4.78 is 6.09. The van der Waals surface area contributed by atoms with Gasteiger partial charge in [-0.25, -0.2) is 0 Å². The second kappa shape index (κ2) is 6.21. The van der Waals surface area contributed by atoms with E-state index in [0.29, 0.717) is 6.04 Å². The third kappa shape index (κ3) is 3.04. The lowest BCUT2D eigenvalue weighted by Crippen LogP contribution is -2.09. The van der Waals surface area contributed by atoms with Crippen molar-refractivity contribution in [2.75, 3.05) is 0 Å². The van der Waals surface area contributed by atoms with Gasteiger partial charge in [0, 0.05) is 22.0 Å². The Balaban J connectivity index is 1.91. The number of halogens is 1. The minimum atomic E-state index is 0.443. The number of hydrogen-bond donors (Lipinski definition) is 0. The molecule has 0 radical (unpaired) electrons. The van der Waals surface area contributed by atoms with Crippen molar-refractivity contribution in [1.29, 1.82) is 0 Å². The summed E-state index contributed by atoms with van der Waals surface area (Å²) in [6.07, 6.45) is 4.95. The van der Waals surface area contributed by atoms with Crippen molar-refractivity contribution >= 4 is 22.6 Å². The average molecular weight is 324 g/mol. The van der Waals surface area contributed by atoms with Crippen LogP contribution in [0.5, 0.6) is 0 Å². The van der Waals surface area contributed by atoms with E-state index in [1.165, 1.54) is 25.7 Å². The molecule has 1 fully saturated rings. The first-order valence-electron chi connectivity index (χ1n) is 8.12. The van der Waals surface area contributed by atoms with Gasteiger partial charge >= 0.3 is 0 Å². The molecular weight excluding hydrogens is 306 g/mol. The fraction of sp³-hybridized carbons (Fsp3) is 0.250. The van der Waals surface area contributed by atoms with Crippen molar-refractivity contribution in [2.24, 2.45) is 4.99 Å². The zero-order valence-electron chi connectivity index (χ0n) is 12.8. The quantitative estimate of drug-likeness (QED) is 0.603. The lowest BCUT2D eigenvalue weighted by atomic mass is 10.1. The minimum absolute atomic E-state index is 0.443. The second-order valence-corrected chi connectivity index (χ2v) is 6.50. The number of fused-ring (bicyclic) bond motifs is 1. The standard InChI is InChI=1S/C20H18ClNO/c21-15-11-9-14(10-12-15)20-13-18(22-16-5-1-2-6-16)17-7-3-4-8-19(17)23-20/h3-4,7-13,16H,1-2,5-6H2. The molecule has 2 nitrogen and oxygen atoms in total. The van der Waals surface area contributed by atoms with Crippen molar-refractivity contribution in [3.63, 3.8) is 0 Å². The number of para-hydroxylation sites is 1. The SMILES string of the molecule is Clc1ccc(-c2cc(=NC3CCCC3)c3ccccc3o2)cc1. The number of benzene rings is 2. The highest BCUT2D eigenvalue weighted by Gasteiger charge is 2.14. The lowest BCUT2D eigenvalue weighted by Gasteiger charge is -2.07. The largest absolute Gasteiger partial charge is 0.456 e. The van der Waals surface area contributed by atoms with E-state index in [1.807, 2.05) is 42.5 Å². The third-order valence-electron chi connectivity index (χ3n) is 4.43. The van der Waals surface area contributed by atoms with E-state index in [-0.39, 0.29) is 0 Å². The predicted molar refractivity (Wildman–Crippen MR) is 94.5 cm³/mol. The Hall–Kier alpha value is -2.06. The van der Waals surface area contributed by atoms with E-state index in [9.17, 15) is 0 Å². The Morgan fingerprint density at radius 1 is 0.957 bits per heavy atom. The van der Waals surface area contributed by atoms with Crippen LogP contribution in [0.15, 0.2) is 64.0 Å². The van der Waals surface area contributed by atoms with Crippen molar-refractivity contribution in [1.82, 2.24) is 0 Å². The summed E-state index contributed by atoms with van der Waals surface area (Å²) in [6, 6.07) is 18.4. The summed E-state index contributed by atoms with van der Waals surface area (Å²) in [6.45, 7) is 0. The van der Waals surface area contributed by atoms with Crippen LogP contribution in [-0.2, 0) is 0 Å². The smallest absolute Gasteiger partial charge is 0.136 e. The van der Waals surface area contributed by atoms with Gasteiger partial charge in [0.05, 0.1) is 11.4 Å². The highest BCUT2D eigenvalue weighted by Crippen LogP contribution is 2.25. The molecule has 0 atom stereocenters. The molecule has 23 heavy (non-hydrogen) atoms. The zero-order valence-corrected chi connectivity index (χ0v) is 13.6. The van der Waals surface area contributed by atoms with Crippen LogP contribution in [0.2, 0.25) is 5.02 Å². The normalized spacial score (nSPS) is 16.3. The Kier molecular flexibility index (Phi) is 3.92. The molecule has 3 heteroatoms. The summed E-state index contributed by atoms with van der Waals surface area (Å²) >= 11 is 5.99. The molecule has 3 aromatic rings. The van der Waals surface area contributed by atoms with Gasteiger partial charge in [0.2, 0.25) is 0 Å². The summed E-state index contributed by atoms with van der Waals surface area (Å²) in [4.78, 5) is 5.00. The molecule has 1 aliphatic carbocycles. The van der Waals surface area contributed by atoms with E-state index in [2.05, 4.69) is 12.1 Å². The molecule has 1 heterocycles. The predicted octanol–water partition coefficient (Wildman–Crippen LogP) is 5.60. The van der Waals surface area contributed by atoms with Crippen LogP contribution < -0.4 is 5.36 Å². The lowest BCUT2D eigenvalue weighted by molar-refractivity contribution is 0.615. The van der Waals surface area contributed by atoms with Crippen LogP contribution in [0.3, 0.4) is 0 Å². The topological polar surface area (TPSA) is 25.5 Å². The summed E-state index contributed by atoms with van der Waals surface area (Å²) in [5, 5.41) is 2.84. The van der Waals surface area contributed by atoms with E-state index in [1.54, 1.807) is 0 Å². The first kappa shape index (κ1) is 14.5. The van der Waals surface area contributed by atoms with E-state index < -0.39 is 0 Å². The Morgan fingerprint density at radius 3 is 2.48 bits per heavy atom. The molecule has 116 valence electrons. The minimum Gasteiger partial charge on any atom is -0.456 e. The first-order valence-corrected chi connectivity index (χ1v) is 8.50. The van der Waals surface area contributed by atoms with Crippen LogP contribution in [0.25, 0.3) is 22.3 Å². The molecule has 1 aliphatic rings. The molecule has 1 aromatic heterocycles. The maximum absolute atomic E-state index is 6.09. The highest BCUT2D eigenvalue weighted by atomic mass is 35.5. The molecule has 0 N–H and O–H groups in total. The molecule has 0 unspecified atom stereocenters. The highest BCUT2D eigenvalue weighted by molar-refractivity contribution is 6.30. The summed E-state index contributed by atoms with van der Waals surface area (Å²) in [5.74, 6) is 0.831. The molecular formula is C20H18ClNO. The van der Waals surface area contributed by atoms with Crippen molar-refractivity contribution in [3.8, 4) is 11.3 Å². The van der Waals surface area contributed by atoms with Crippen LogP contribution in [0.4, 0.5) is 0 Å². The number of nitrogens with zero attached hydrogens (tertiary/aromatic N) is 1. The molecule has 0 amide bonds. The van der Waals surface area contributed by atoms with Crippen molar-refractivity contribution < 1.29 is 4.42 Å². The molecule has 0 spiro atoms. The third-order valence-corrected chi connectivity index (χ3v) is 4.68. The van der Waals surface area contributed by atoms with Gasteiger partial charge in [0.25, 0.3) is 0 Å². The van der Waals surface area contributed by atoms with Crippen molar-refractivity contribution in [2.45, 2.75) is 31.7 Å². The van der Waals surface area contributed by atoms with E-state index in [0.717, 1.165) is 32.7 Å².